The highest BCUT2D eigenvalue weighted by atomic mass is 35.5. The fourth-order valence-corrected chi connectivity index (χ4v) is 4.78. The number of halogens is 3. The second-order valence-corrected chi connectivity index (χ2v) is 10.6. The number of hydrogen-bond acceptors (Lipinski definition) is 7. The van der Waals surface area contributed by atoms with Gasteiger partial charge in [-0.3, -0.25) is 19.3 Å². The minimum absolute atomic E-state index is 0.0603. The monoisotopic (exact) mass is 587 g/mol. The lowest BCUT2D eigenvalue weighted by molar-refractivity contribution is 0.141. The zero-order chi connectivity index (χ0) is 29.6. The molecule has 5 aromatic rings. The molecule has 0 amide bonds. The van der Waals surface area contributed by atoms with Gasteiger partial charge in [-0.25, -0.2) is 18.7 Å². The molecule has 42 heavy (non-hydrogen) atoms. The maximum Gasteiger partial charge on any atom is 0.277 e. The van der Waals surface area contributed by atoms with Gasteiger partial charge in [0.05, 0.1) is 23.3 Å². The molecule has 0 aliphatic heterocycles. The van der Waals surface area contributed by atoms with E-state index in [1.807, 2.05) is 31.2 Å². The Bertz CT molecular complexity index is 1890. The third-order valence-electron chi connectivity index (χ3n) is 7.14. The van der Waals surface area contributed by atoms with Crippen molar-refractivity contribution in [3.05, 3.63) is 117 Å². The second-order valence-electron chi connectivity index (χ2n) is 10.2. The Kier molecular flexibility index (Phi) is 7.04. The summed E-state index contributed by atoms with van der Waals surface area (Å²) in [4.78, 5) is 30.4. The lowest BCUT2D eigenvalue weighted by Crippen LogP contribution is -2.23. The molecule has 1 N–H and O–H groups in total. The summed E-state index contributed by atoms with van der Waals surface area (Å²) in [5.74, 6) is -1.17. The van der Waals surface area contributed by atoms with Gasteiger partial charge in [-0.1, -0.05) is 35.9 Å². The van der Waals surface area contributed by atoms with Gasteiger partial charge in [0, 0.05) is 41.3 Å². The quantitative estimate of drug-likeness (QED) is 0.254. The van der Waals surface area contributed by atoms with Gasteiger partial charge in [-0.05, 0) is 44.4 Å². The number of aromatic nitrogens is 5. The molecule has 1 aliphatic rings. The smallest absolute Gasteiger partial charge is 0.277 e. The van der Waals surface area contributed by atoms with E-state index < -0.39 is 22.8 Å². The van der Waals surface area contributed by atoms with Gasteiger partial charge >= 0.3 is 0 Å². The van der Waals surface area contributed by atoms with Crippen molar-refractivity contribution < 1.29 is 18.6 Å². The number of ether oxygens (including phenoxy) is 1. The molecule has 11 heteroatoms. The molecular weight excluding hydrogens is 564 g/mol. The highest BCUT2D eigenvalue weighted by Gasteiger charge is 2.45. The van der Waals surface area contributed by atoms with Crippen LogP contribution in [0.3, 0.4) is 0 Å². The Labute approximate surface area is 244 Å². The second kappa shape index (κ2) is 10.7. The first kappa shape index (κ1) is 27.6. The lowest BCUT2D eigenvalue weighted by atomic mass is 10.0. The first-order valence-electron chi connectivity index (χ1n) is 13.1. The third kappa shape index (κ3) is 5.26. The maximum atomic E-state index is 14.0. The number of rotatable bonds is 7. The summed E-state index contributed by atoms with van der Waals surface area (Å²) in [6, 6.07) is 13.5. The predicted octanol–water partition coefficient (Wildman–Crippen LogP) is 5.86. The van der Waals surface area contributed by atoms with Gasteiger partial charge < -0.3 is 9.84 Å². The molecule has 6 rings (SSSR count). The molecule has 1 aliphatic carbocycles. The Morgan fingerprint density at radius 1 is 0.976 bits per heavy atom. The van der Waals surface area contributed by atoms with E-state index in [2.05, 4.69) is 19.9 Å². The van der Waals surface area contributed by atoms with E-state index in [1.165, 1.54) is 4.57 Å². The molecule has 1 aromatic carbocycles. The van der Waals surface area contributed by atoms with Gasteiger partial charge in [-0.2, -0.15) is 0 Å². The predicted molar refractivity (Wildman–Crippen MR) is 152 cm³/mol. The lowest BCUT2D eigenvalue weighted by Gasteiger charge is -2.17. The average molecular weight is 588 g/mol. The van der Waals surface area contributed by atoms with Crippen molar-refractivity contribution in [2.45, 2.75) is 38.9 Å². The molecule has 0 saturated heterocycles. The van der Waals surface area contributed by atoms with Crippen LogP contribution in [0.5, 0.6) is 5.75 Å². The van der Waals surface area contributed by atoms with Crippen molar-refractivity contribution in [1.82, 2.24) is 24.5 Å². The van der Waals surface area contributed by atoms with Crippen molar-refractivity contribution >= 4 is 11.6 Å². The van der Waals surface area contributed by atoms with Gasteiger partial charge in [0.15, 0.2) is 11.6 Å². The molecule has 8 nitrogen and oxygen atoms in total. The number of aryl methyl sites for hydroxylation is 2. The topological polar surface area (TPSA) is 103 Å². The van der Waals surface area contributed by atoms with Crippen LogP contribution in [-0.2, 0) is 12.2 Å². The van der Waals surface area contributed by atoms with Crippen LogP contribution in [0.25, 0.3) is 28.2 Å². The molecule has 1 saturated carbocycles. The summed E-state index contributed by atoms with van der Waals surface area (Å²) in [5, 5.41) is 10.2. The molecule has 0 radical (unpaired) electrons. The number of benzene rings is 1. The molecule has 0 atom stereocenters. The van der Waals surface area contributed by atoms with Gasteiger partial charge in [0.1, 0.15) is 34.5 Å². The van der Waals surface area contributed by atoms with E-state index in [0.717, 1.165) is 22.9 Å². The maximum absolute atomic E-state index is 14.0. The Morgan fingerprint density at radius 3 is 2.38 bits per heavy atom. The highest BCUT2D eigenvalue weighted by Crippen LogP contribution is 2.43. The van der Waals surface area contributed by atoms with Gasteiger partial charge in [0.2, 0.25) is 0 Å². The number of hydrogen-bond donors (Lipinski definition) is 1. The van der Waals surface area contributed by atoms with Crippen molar-refractivity contribution in [3.63, 3.8) is 0 Å². The molecule has 0 spiro atoms. The summed E-state index contributed by atoms with van der Waals surface area (Å²) >= 11 is 6.41. The van der Waals surface area contributed by atoms with Crippen LogP contribution in [0.4, 0.5) is 8.78 Å². The standard InChI is InChI=1S/C31H24ClF2N5O3/c1-17-14-36-24(20-5-3-19(4-6-20)23-7-10-35-30(38-23)31(41)8-9-31)13-26(17)39-18(2)11-27(28(32)29(39)40)42-16-25-22(34)12-21(33)15-37-25/h3-7,10-15,41H,8-9,16H2,1-2H3. The Morgan fingerprint density at radius 2 is 1.69 bits per heavy atom. The summed E-state index contributed by atoms with van der Waals surface area (Å²) in [6.07, 6.45) is 5.53. The zero-order valence-electron chi connectivity index (χ0n) is 22.6. The number of pyridine rings is 3. The van der Waals surface area contributed by atoms with E-state index in [0.29, 0.717) is 47.5 Å². The van der Waals surface area contributed by atoms with Gasteiger partial charge in [0.25, 0.3) is 5.56 Å². The minimum Gasteiger partial charge on any atom is -0.485 e. The Balaban J connectivity index is 1.28. The van der Waals surface area contributed by atoms with Crippen LogP contribution >= 0.6 is 11.6 Å². The van der Waals surface area contributed by atoms with Crippen LogP contribution in [0, 0.1) is 25.5 Å². The normalized spacial score (nSPS) is 13.7. The molecule has 4 heterocycles. The van der Waals surface area contributed by atoms with E-state index in [9.17, 15) is 18.7 Å². The molecule has 1 fully saturated rings. The van der Waals surface area contributed by atoms with Crippen LogP contribution in [0.1, 0.15) is 35.6 Å². The molecule has 4 aromatic heterocycles. The first-order valence-corrected chi connectivity index (χ1v) is 13.5. The van der Waals surface area contributed by atoms with E-state index in [-0.39, 0.29) is 23.1 Å². The van der Waals surface area contributed by atoms with E-state index in [4.69, 9.17) is 16.3 Å². The van der Waals surface area contributed by atoms with Crippen molar-refractivity contribution in [3.8, 4) is 34.0 Å². The number of nitrogens with zero attached hydrogens (tertiary/aromatic N) is 5. The fraction of sp³-hybridized carbons (Fsp3) is 0.194. The largest absolute Gasteiger partial charge is 0.485 e. The van der Waals surface area contributed by atoms with Crippen LogP contribution < -0.4 is 10.3 Å². The van der Waals surface area contributed by atoms with E-state index in [1.54, 1.807) is 37.5 Å². The van der Waals surface area contributed by atoms with Crippen molar-refractivity contribution in [2.75, 3.05) is 0 Å². The zero-order valence-corrected chi connectivity index (χ0v) is 23.4. The summed E-state index contributed by atoms with van der Waals surface area (Å²) in [5.41, 5.74) is 3.34. The van der Waals surface area contributed by atoms with Crippen LogP contribution in [0.15, 0.2) is 71.9 Å². The summed E-state index contributed by atoms with van der Waals surface area (Å²) in [6.45, 7) is 3.23. The highest BCUT2D eigenvalue weighted by molar-refractivity contribution is 6.31. The summed E-state index contributed by atoms with van der Waals surface area (Å²) < 4.78 is 34.2. The third-order valence-corrected chi connectivity index (χ3v) is 7.48. The first-order chi connectivity index (χ1) is 20.1. The summed E-state index contributed by atoms with van der Waals surface area (Å²) in [7, 11) is 0. The SMILES string of the molecule is Cc1cnc(-c2ccc(-c3ccnc(C4(O)CC4)n3)cc2)cc1-n1c(C)cc(OCc2ncc(F)cc2F)c(Cl)c1=O. The van der Waals surface area contributed by atoms with Crippen molar-refractivity contribution in [1.29, 1.82) is 0 Å². The van der Waals surface area contributed by atoms with Crippen LogP contribution in [-0.4, -0.2) is 29.6 Å². The number of aliphatic hydroxyl groups is 1. The average Bonchev–Trinajstić information content (AvgIpc) is 3.74. The van der Waals surface area contributed by atoms with Crippen LogP contribution in [0.2, 0.25) is 5.02 Å². The molecule has 0 bridgehead atoms. The van der Waals surface area contributed by atoms with Crippen molar-refractivity contribution in [2.24, 2.45) is 0 Å². The minimum atomic E-state index is -0.917. The van der Waals surface area contributed by atoms with E-state index >= 15 is 0 Å². The Hall–Kier alpha value is -4.54. The fourth-order valence-electron chi connectivity index (χ4n) is 4.59. The molecule has 212 valence electrons. The van der Waals surface area contributed by atoms with Gasteiger partial charge in [-0.15, -0.1) is 0 Å². The molecular formula is C31H24ClF2N5O3. The molecule has 0 unspecified atom stereocenters.